The van der Waals surface area contributed by atoms with E-state index in [1.54, 1.807) is 0 Å². The molecule has 0 saturated carbocycles. The summed E-state index contributed by atoms with van der Waals surface area (Å²) in [6.45, 7) is 0. The molecule has 0 unspecified atom stereocenters. The van der Waals surface area contributed by atoms with Crippen LogP contribution in [0.4, 0.5) is 0 Å². The quantitative estimate of drug-likeness (QED) is 0.0215. The van der Waals surface area contributed by atoms with Crippen LogP contribution >= 0.6 is 0 Å². The second-order valence-corrected chi connectivity index (χ2v) is 23.9. The fraction of sp³-hybridized carbons (Fsp3) is 0. The van der Waals surface area contributed by atoms with Crippen molar-refractivity contribution in [3.05, 3.63) is 268 Å². The highest BCUT2D eigenvalue weighted by Gasteiger charge is 2.25. The molecule has 0 heterocycles. The number of hydrogen-bond donors (Lipinski definition) is 18. The monoisotopic (exact) mass is 1600 g/mol. The highest BCUT2D eigenvalue weighted by Crippen LogP contribution is 2.41. The van der Waals surface area contributed by atoms with Gasteiger partial charge in [-0.2, -0.15) is 0 Å². The number of ether oxygens (including phenoxy) is 9. The summed E-state index contributed by atoms with van der Waals surface area (Å²) in [6.07, 6.45) is 0. The van der Waals surface area contributed by atoms with Crippen LogP contribution in [0, 0.1) is 0 Å². The summed E-state index contributed by atoms with van der Waals surface area (Å²) in [5.74, 6) is -21.9. The molecule has 18 N–H and O–H groups in total. The van der Waals surface area contributed by atoms with Crippen LogP contribution < -0.4 is 42.6 Å². The summed E-state index contributed by atoms with van der Waals surface area (Å²) >= 11 is 0. The number of phenols is 18. The van der Waals surface area contributed by atoms with Crippen LogP contribution in [0.2, 0.25) is 0 Å². The van der Waals surface area contributed by atoms with E-state index in [9.17, 15) is 135 Å². The van der Waals surface area contributed by atoms with Gasteiger partial charge in [0.25, 0.3) is 0 Å². The van der Waals surface area contributed by atoms with E-state index in [0.717, 1.165) is 127 Å². The molecule has 0 radical (unpaired) electrons. The molecular formula is C81H54O36. The molecule has 12 aromatic carbocycles. The van der Waals surface area contributed by atoms with Crippen molar-refractivity contribution in [3.8, 4) is 155 Å². The zero-order chi connectivity index (χ0) is 84.8. The summed E-state index contributed by atoms with van der Waals surface area (Å²) in [5.41, 5.74) is -1.60. The lowest BCUT2D eigenvalue weighted by Crippen LogP contribution is -2.12. The van der Waals surface area contributed by atoms with Gasteiger partial charge in [-0.05, 0) is 146 Å². The Hall–Kier alpha value is -17.7. The number of aromatic hydroxyl groups is 18. The Labute approximate surface area is 652 Å². The summed E-state index contributed by atoms with van der Waals surface area (Å²) < 4.78 is 47.3. The normalized spacial score (nSPS) is 10.5. The lowest BCUT2D eigenvalue weighted by Gasteiger charge is -2.12. The van der Waals surface area contributed by atoms with E-state index in [-0.39, 0.29) is 85.1 Å². The molecule has 0 aliphatic heterocycles. The lowest BCUT2D eigenvalue weighted by molar-refractivity contribution is 0.0700. The molecule has 12 rings (SSSR count). The molecule has 0 aliphatic carbocycles. The Bertz CT molecular complexity index is 5180. The highest BCUT2D eigenvalue weighted by atomic mass is 16.6. The number of phenolic OH excluding ortho intramolecular Hbond substituents is 18. The van der Waals surface area contributed by atoms with Gasteiger partial charge in [-0.15, -0.1) is 0 Å². The predicted octanol–water partition coefficient (Wildman–Crippen LogP) is 10.7. The largest absolute Gasteiger partial charge is 0.508 e. The van der Waals surface area contributed by atoms with Crippen molar-refractivity contribution < 1.29 is 178 Å². The van der Waals surface area contributed by atoms with Crippen LogP contribution in [0.1, 0.15) is 93.2 Å². The number of rotatable bonds is 18. The maximum Gasteiger partial charge on any atom is 0.343 e. The molecule has 36 heteroatoms. The molecular weight excluding hydrogens is 1550 g/mol. The standard InChI is InChI=1S/C27H18O15.C27H18O12.C27H18O9/c28-16-1-10(2-17(29)22(16)34)25(37)40-13-7-14(41-26(38)11-3-18(30)23(35)19(31)4-11)9-15(8-13)42-27(39)12-5-20(32)24(36)21(33)6-12;28-16-1-13(2-17(29)7-16)25(34)37-22-10-23(38-26(35)14-3-18(30)8-19(31)4-14)12-24(11-22)39-27(36)15-5-20(32)9-21(33)6-15;28-19-7-1-16(2-8-19)25(31)34-22-13-23(35-26(32)17-3-9-20(29)10-4-17)15-24(14-22)36-27(33)18-5-11-21(30)12-6-18/h1-9,28-36H;1-12,28-33H;1-15,28-30H. The Kier molecular flexibility index (Phi) is 24.7. The third-order valence-corrected chi connectivity index (χ3v) is 15.1. The molecule has 0 saturated heterocycles. The van der Waals surface area contributed by atoms with Gasteiger partial charge in [0.1, 0.15) is 103 Å². The average Bonchev–Trinajstić information content (AvgIpc) is 0.823. The summed E-state index contributed by atoms with van der Waals surface area (Å²) in [6, 6.07) is 39.7. The SMILES string of the molecule is O=C(Oc1cc(OC(=O)c2cc(O)c(O)c(O)c2)cc(OC(=O)c2cc(O)c(O)c(O)c2)c1)c1cc(O)c(O)c(O)c1.O=C(Oc1cc(OC(=O)c2cc(O)cc(O)c2)cc(OC(=O)c2cc(O)cc(O)c2)c1)c1cc(O)cc(O)c1.O=C(Oc1cc(OC(=O)c2ccc(O)cc2)cc(OC(=O)c2ccc(O)cc2)c1)c1ccc(O)cc1. The number of carbonyl (C=O) groups is 9. The Morgan fingerprint density at radius 3 is 0.419 bits per heavy atom. The van der Waals surface area contributed by atoms with Crippen molar-refractivity contribution in [2.45, 2.75) is 0 Å². The molecule has 36 nitrogen and oxygen atoms in total. The molecule has 0 spiro atoms. The van der Waals surface area contributed by atoms with Crippen LogP contribution in [-0.4, -0.2) is 146 Å². The van der Waals surface area contributed by atoms with Crippen LogP contribution in [0.5, 0.6) is 155 Å². The number of hydrogen-bond acceptors (Lipinski definition) is 36. The summed E-state index contributed by atoms with van der Waals surface area (Å²) in [7, 11) is 0. The molecule has 0 aromatic heterocycles. The molecule has 0 atom stereocenters. The second-order valence-electron chi connectivity index (χ2n) is 23.9. The van der Waals surface area contributed by atoms with Gasteiger partial charge in [-0.3, -0.25) is 0 Å². The Balaban J connectivity index is 0.000000186. The molecule has 12 aromatic rings. The van der Waals surface area contributed by atoms with E-state index in [1.165, 1.54) is 91.0 Å². The van der Waals surface area contributed by atoms with Crippen LogP contribution in [0.3, 0.4) is 0 Å². The Morgan fingerprint density at radius 2 is 0.274 bits per heavy atom. The molecule has 0 fully saturated rings. The van der Waals surface area contributed by atoms with E-state index in [1.807, 2.05) is 0 Å². The first kappa shape index (κ1) is 81.8. The number of carbonyl (C=O) groups excluding carboxylic acids is 9. The zero-order valence-electron chi connectivity index (χ0n) is 58.7. The van der Waals surface area contributed by atoms with Gasteiger partial charge in [-0.25, -0.2) is 43.2 Å². The van der Waals surface area contributed by atoms with Crippen LogP contribution in [0.25, 0.3) is 0 Å². The van der Waals surface area contributed by atoms with Gasteiger partial charge in [0.15, 0.2) is 51.7 Å². The maximum absolute atomic E-state index is 12.7. The van der Waals surface area contributed by atoms with Crippen LogP contribution in [0.15, 0.2) is 218 Å². The van der Waals surface area contributed by atoms with Crippen molar-refractivity contribution in [2.75, 3.05) is 0 Å². The Morgan fingerprint density at radius 1 is 0.145 bits per heavy atom. The van der Waals surface area contributed by atoms with E-state index < -0.39 is 174 Å². The maximum atomic E-state index is 12.7. The molecule has 594 valence electrons. The van der Waals surface area contributed by atoms with E-state index >= 15 is 0 Å². The van der Waals surface area contributed by atoms with Crippen molar-refractivity contribution >= 4 is 53.7 Å². The van der Waals surface area contributed by atoms with Gasteiger partial charge in [0.05, 0.1) is 50.1 Å². The van der Waals surface area contributed by atoms with E-state index in [0.29, 0.717) is 0 Å². The first-order chi connectivity index (χ1) is 55.4. The fourth-order valence-corrected chi connectivity index (χ4v) is 9.76. The van der Waals surface area contributed by atoms with Crippen molar-refractivity contribution in [1.29, 1.82) is 0 Å². The second kappa shape index (κ2) is 35.3. The van der Waals surface area contributed by atoms with Gasteiger partial charge < -0.3 is 135 Å². The highest BCUT2D eigenvalue weighted by molar-refractivity contribution is 5.98. The lowest BCUT2D eigenvalue weighted by atomic mass is 10.2. The molecule has 0 bridgehead atoms. The molecule has 0 aliphatic rings. The van der Waals surface area contributed by atoms with Gasteiger partial charge in [0.2, 0.25) is 0 Å². The number of esters is 9. The van der Waals surface area contributed by atoms with Gasteiger partial charge in [-0.1, -0.05) is 0 Å². The smallest absolute Gasteiger partial charge is 0.343 e. The summed E-state index contributed by atoms with van der Waals surface area (Å²) in [4.78, 5) is 113. The van der Waals surface area contributed by atoms with Crippen molar-refractivity contribution in [1.82, 2.24) is 0 Å². The first-order valence-corrected chi connectivity index (χ1v) is 32.6. The number of benzene rings is 12. The third-order valence-electron chi connectivity index (χ3n) is 15.1. The van der Waals surface area contributed by atoms with Crippen molar-refractivity contribution in [3.63, 3.8) is 0 Å². The van der Waals surface area contributed by atoms with Gasteiger partial charge in [0, 0.05) is 72.8 Å². The van der Waals surface area contributed by atoms with E-state index in [4.69, 9.17) is 42.6 Å². The average molecular weight is 1600 g/mol. The molecule has 117 heavy (non-hydrogen) atoms. The van der Waals surface area contributed by atoms with Crippen LogP contribution in [-0.2, 0) is 0 Å². The predicted molar refractivity (Wildman–Crippen MR) is 392 cm³/mol. The minimum absolute atomic E-state index is 0.0295. The summed E-state index contributed by atoms with van der Waals surface area (Å²) in [5, 5.41) is 173. The first-order valence-electron chi connectivity index (χ1n) is 32.6. The minimum atomic E-state index is -1.21. The topological polar surface area (TPSA) is 601 Å². The van der Waals surface area contributed by atoms with E-state index in [2.05, 4.69) is 0 Å². The van der Waals surface area contributed by atoms with Gasteiger partial charge >= 0.3 is 53.7 Å². The zero-order valence-corrected chi connectivity index (χ0v) is 58.7. The van der Waals surface area contributed by atoms with Crippen molar-refractivity contribution in [2.24, 2.45) is 0 Å². The fourth-order valence-electron chi connectivity index (χ4n) is 9.76. The molecule has 0 amide bonds. The minimum Gasteiger partial charge on any atom is -0.508 e. The third kappa shape index (κ3) is 21.8.